The molecule has 182 valence electrons. The number of nitrogen functional groups attached to an aromatic ring is 1. The van der Waals surface area contributed by atoms with E-state index in [9.17, 15) is 10.1 Å². The number of carbonyl (C=O) groups is 1. The van der Waals surface area contributed by atoms with Gasteiger partial charge in [-0.05, 0) is 45.2 Å². The molecule has 0 aliphatic carbocycles. The maximum absolute atomic E-state index is 11.7. The fraction of sp³-hybridized carbons (Fsp3) is 0.619. The van der Waals surface area contributed by atoms with E-state index in [1.807, 2.05) is 13.0 Å². The van der Waals surface area contributed by atoms with E-state index >= 15 is 0 Å². The first-order valence-corrected chi connectivity index (χ1v) is 10.6. The first kappa shape index (κ1) is 26.3. The second-order valence-corrected chi connectivity index (χ2v) is 7.95. The molecule has 0 aromatic carbocycles. The Balaban J connectivity index is 0.000000696. The van der Waals surface area contributed by atoms with Crippen LogP contribution in [0.5, 0.6) is 0 Å². The summed E-state index contributed by atoms with van der Waals surface area (Å²) in [4.78, 5) is 15.7. The van der Waals surface area contributed by atoms with Crippen molar-refractivity contribution in [3.63, 3.8) is 0 Å². The number of nitrogens with two attached hydrogens (primary N) is 1. The predicted molar refractivity (Wildman–Crippen MR) is 116 cm³/mol. The molecule has 1 aliphatic heterocycles. The smallest absolute Gasteiger partial charge is 0.432 e. The highest BCUT2D eigenvalue weighted by Crippen LogP contribution is 2.40. The van der Waals surface area contributed by atoms with Gasteiger partial charge in [-0.1, -0.05) is 6.92 Å². The van der Waals surface area contributed by atoms with Crippen LogP contribution in [0.15, 0.2) is 18.5 Å². The van der Waals surface area contributed by atoms with Crippen LogP contribution >= 0.6 is 0 Å². The molecule has 0 bridgehead atoms. The Bertz CT molecular complexity index is 947. The molecule has 33 heavy (non-hydrogen) atoms. The van der Waals surface area contributed by atoms with Crippen LogP contribution in [0.1, 0.15) is 51.8 Å². The third kappa shape index (κ3) is 8.14. The average Bonchev–Trinajstić information content (AvgIpc) is 3.36. The van der Waals surface area contributed by atoms with E-state index in [0.29, 0.717) is 37.4 Å². The number of nitriles is 1. The summed E-state index contributed by atoms with van der Waals surface area (Å²) in [5.41, 5.74) is 6.05. The number of anilines is 1. The summed E-state index contributed by atoms with van der Waals surface area (Å²) < 4.78 is 22.8. The van der Waals surface area contributed by atoms with Gasteiger partial charge in [0.25, 0.3) is 0 Å². The van der Waals surface area contributed by atoms with Crippen LogP contribution in [0.3, 0.4) is 0 Å². The summed E-state index contributed by atoms with van der Waals surface area (Å²) >= 11 is 0. The average molecular weight is 466 g/mol. The van der Waals surface area contributed by atoms with Gasteiger partial charge in [0.15, 0.2) is 17.2 Å². The molecule has 4 N–H and O–H groups in total. The Morgan fingerprint density at radius 3 is 2.76 bits per heavy atom. The molecule has 2 aromatic rings. The molecular weight excluding hydrogens is 434 g/mol. The maximum atomic E-state index is 11.7. The van der Waals surface area contributed by atoms with Gasteiger partial charge in [-0.3, -0.25) is 0 Å². The molecule has 1 aliphatic rings. The van der Waals surface area contributed by atoms with E-state index in [-0.39, 0.29) is 19.3 Å². The molecule has 2 atom stereocenters. The van der Waals surface area contributed by atoms with Gasteiger partial charge in [0, 0.05) is 6.61 Å². The first-order valence-electron chi connectivity index (χ1n) is 10.6. The lowest BCUT2D eigenvalue weighted by atomic mass is 10.0. The van der Waals surface area contributed by atoms with Crippen LogP contribution in [0.2, 0.25) is 0 Å². The Hall–Kier alpha value is -2.98. The zero-order chi connectivity index (χ0) is 24.5. The monoisotopic (exact) mass is 465 g/mol. The van der Waals surface area contributed by atoms with Crippen molar-refractivity contribution >= 4 is 17.5 Å². The number of hydrogen-bond donors (Lipinski definition) is 3. The number of hydrogen-bond acceptors (Lipinski definition) is 11. The molecule has 2 aromatic heterocycles. The normalized spacial score (nSPS) is 20.1. The third-order valence-electron chi connectivity index (χ3n) is 4.44. The molecular formula is C21H31N5O7. The predicted octanol–water partition coefficient (Wildman–Crippen LogP) is 1.71. The number of aliphatic hydroxyl groups is 2. The standard InChI is InChI=1S/C18H23N5O5.C3H8O2/c1-2-7-25-8-9-26-17(24)27-11-18(10-19)6-5-15(28-18)13-3-4-14-16(20)21-12-22-23(13)14;1-3(2,4)5/h3-4,12,15H,2,5-9,11H2,1H3,(H2,20,21,22);4-5H,1-2H3/t15?,18-;/m1./s1. The summed E-state index contributed by atoms with van der Waals surface area (Å²) in [6.45, 7) is 5.38. The second kappa shape index (κ2) is 11.8. The number of nitrogens with zero attached hydrogens (tertiary/aromatic N) is 4. The quantitative estimate of drug-likeness (QED) is 0.294. The van der Waals surface area contributed by atoms with Gasteiger partial charge in [0.05, 0.1) is 12.3 Å². The van der Waals surface area contributed by atoms with Crippen molar-refractivity contribution in [2.75, 3.05) is 32.2 Å². The van der Waals surface area contributed by atoms with Gasteiger partial charge in [-0.25, -0.2) is 14.3 Å². The molecule has 1 fully saturated rings. The van der Waals surface area contributed by atoms with Crippen LogP contribution in [0.25, 0.3) is 5.52 Å². The van der Waals surface area contributed by atoms with Crippen LogP contribution < -0.4 is 5.73 Å². The van der Waals surface area contributed by atoms with Gasteiger partial charge < -0.3 is 34.9 Å². The van der Waals surface area contributed by atoms with E-state index in [4.69, 9.17) is 34.9 Å². The summed E-state index contributed by atoms with van der Waals surface area (Å²) in [5.74, 6) is -1.14. The van der Waals surface area contributed by atoms with Crippen molar-refractivity contribution in [1.29, 1.82) is 5.26 Å². The fourth-order valence-corrected chi connectivity index (χ4v) is 3.05. The largest absolute Gasteiger partial charge is 0.508 e. The SMILES string of the molecule is CC(C)(O)O.CCCOCCOC(=O)OC[C@]1(C#N)CCC(c2ccc3c(N)ncnn23)O1. The summed E-state index contributed by atoms with van der Waals surface area (Å²) in [6, 6.07) is 5.76. The molecule has 1 unspecified atom stereocenters. The minimum Gasteiger partial charge on any atom is -0.432 e. The van der Waals surface area contributed by atoms with Gasteiger partial charge in [0.1, 0.15) is 37.2 Å². The molecule has 12 heteroatoms. The van der Waals surface area contributed by atoms with Gasteiger partial charge in [-0.15, -0.1) is 0 Å². The minimum absolute atomic E-state index is 0.0964. The van der Waals surface area contributed by atoms with E-state index < -0.39 is 17.5 Å². The van der Waals surface area contributed by atoms with Gasteiger partial charge in [-0.2, -0.15) is 10.4 Å². The summed E-state index contributed by atoms with van der Waals surface area (Å²) in [5, 5.41) is 29.9. The highest BCUT2D eigenvalue weighted by atomic mass is 16.7. The Morgan fingerprint density at radius 2 is 2.09 bits per heavy atom. The van der Waals surface area contributed by atoms with Crippen molar-refractivity contribution in [3.8, 4) is 6.07 Å². The van der Waals surface area contributed by atoms with E-state index in [1.165, 1.54) is 20.2 Å². The molecule has 0 spiro atoms. The molecule has 3 heterocycles. The summed E-state index contributed by atoms with van der Waals surface area (Å²) in [7, 11) is 0. The van der Waals surface area contributed by atoms with E-state index in [2.05, 4.69) is 16.2 Å². The zero-order valence-corrected chi connectivity index (χ0v) is 19.1. The topological polar surface area (TPSA) is 174 Å². The summed E-state index contributed by atoms with van der Waals surface area (Å²) in [6.07, 6.45) is 2.01. The molecule has 1 saturated heterocycles. The van der Waals surface area contributed by atoms with E-state index in [0.717, 1.165) is 12.1 Å². The Morgan fingerprint density at radius 1 is 1.36 bits per heavy atom. The van der Waals surface area contributed by atoms with Crippen LogP contribution in [-0.4, -0.2) is 68.8 Å². The zero-order valence-electron chi connectivity index (χ0n) is 19.1. The van der Waals surface area contributed by atoms with Gasteiger partial charge in [0.2, 0.25) is 0 Å². The minimum atomic E-state index is -1.50. The number of aromatic nitrogens is 3. The van der Waals surface area contributed by atoms with E-state index in [1.54, 1.807) is 10.6 Å². The fourth-order valence-electron chi connectivity index (χ4n) is 3.05. The van der Waals surface area contributed by atoms with Crippen LogP contribution in [-0.2, 0) is 18.9 Å². The van der Waals surface area contributed by atoms with Crippen LogP contribution in [0, 0.1) is 11.3 Å². The highest BCUT2D eigenvalue weighted by molar-refractivity contribution is 5.65. The number of ether oxygens (including phenoxy) is 4. The molecule has 0 amide bonds. The number of carbonyl (C=O) groups excluding carboxylic acids is 1. The van der Waals surface area contributed by atoms with Crippen LogP contribution in [0.4, 0.5) is 10.6 Å². The maximum Gasteiger partial charge on any atom is 0.508 e. The lowest BCUT2D eigenvalue weighted by Gasteiger charge is -2.21. The number of fused-ring (bicyclic) bond motifs is 1. The third-order valence-corrected chi connectivity index (χ3v) is 4.44. The molecule has 12 nitrogen and oxygen atoms in total. The Kier molecular flexibility index (Phi) is 9.36. The van der Waals surface area contributed by atoms with Crippen molar-refractivity contribution < 1.29 is 34.0 Å². The first-order chi connectivity index (χ1) is 15.6. The van der Waals surface area contributed by atoms with Crippen molar-refractivity contribution in [2.45, 2.75) is 57.5 Å². The van der Waals surface area contributed by atoms with Crippen molar-refractivity contribution in [3.05, 3.63) is 24.2 Å². The van der Waals surface area contributed by atoms with Crippen molar-refractivity contribution in [2.24, 2.45) is 0 Å². The second-order valence-electron chi connectivity index (χ2n) is 7.95. The number of rotatable bonds is 8. The Labute approximate surface area is 191 Å². The molecule has 0 radical (unpaired) electrons. The molecule has 0 saturated carbocycles. The molecule has 3 rings (SSSR count). The lowest BCUT2D eigenvalue weighted by Crippen LogP contribution is -2.33. The lowest BCUT2D eigenvalue weighted by molar-refractivity contribution is -0.127. The van der Waals surface area contributed by atoms with Crippen molar-refractivity contribution in [1.82, 2.24) is 14.6 Å². The highest BCUT2D eigenvalue weighted by Gasteiger charge is 2.43. The van der Waals surface area contributed by atoms with Gasteiger partial charge >= 0.3 is 6.16 Å².